The van der Waals surface area contributed by atoms with E-state index in [0.717, 1.165) is 19.2 Å². The second-order valence-corrected chi connectivity index (χ2v) is 3.92. The van der Waals surface area contributed by atoms with Crippen molar-refractivity contribution in [2.75, 3.05) is 34.3 Å². The summed E-state index contributed by atoms with van der Waals surface area (Å²) in [6.07, 6.45) is 0. The van der Waals surface area contributed by atoms with E-state index >= 15 is 0 Å². The van der Waals surface area contributed by atoms with Gasteiger partial charge in [-0.25, -0.2) is 8.78 Å². The molecule has 0 fully saturated rings. The molecule has 0 radical (unpaired) electrons. The molecule has 0 aliphatic carbocycles. The van der Waals surface area contributed by atoms with Gasteiger partial charge in [-0.1, -0.05) is 0 Å². The number of ether oxygens (including phenoxy) is 1. The predicted molar refractivity (Wildman–Crippen MR) is 63.2 cm³/mol. The van der Waals surface area contributed by atoms with Crippen molar-refractivity contribution in [3.05, 3.63) is 29.3 Å². The zero-order valence-corrected chi connectivity index (χ0v) is 10.4. The Kier molecular flexibility index (Phi) is 5.31. The molecule has 0 saturated carbocycles. The number of likely N-dealkylation sites (N-methyl/N-ethyl adjacent to an activating group) is 2. The lowest BCUT2D eigenvalue weighted by Gasteiger charge is -2.17. The molecule has 0 aliphatic heterocycles. The maximum Gasteiger partial charge on any atom is 0.165 e. The van der Waals surface area contributed by atoms with Gasteiger partial charge in [-0.3, -0.25) is 0 Å². The van der Waals surface area contributed by atoms with Crippen LogP contribution in [0.1, 0.15) is 5.56 Å². The second kappa shape index (κ2) is 6.51. The van der Waals surface area contributed by atoms with Gasteiger partial charge in [-0.2, -0.15) is 0 Å². The monoisotopic (exact) mass is 244 g/mol. The molecule has 5 heteroatoms. The molecule has 1 aromatic rings. The Morgan fingerprint density at radius 2 is 2.00 bits per heavy atom. The highest BCUT2D eigenvalue weighted by atomic mass is 19.1. The Labute approximate surface area is 100 Å². The number of halogens is 2. The largest absolute Gasteiger partial charge is 0.494 e. The van der Waals surface area contributed by atoms with E-state index in [1.54, 1.807) is 0 Å². The molecular weight excluding hydrogens is 226 g/mol. The van der Waals surface area contributed by atoms with Gasteiger partial charge in [-0.15, -0.1) is 0 Å². The lowest BCUT2D eigenvalue weighted by atomic mass is 10.2. The normalized spacial score (nSPS) is 10.9. The van der Waals surface area contributed by atoms with E-state index in [1.807, 2.05) is 19.0 Å². The van der Waals surface area contributed by atoms with Gasteiger partial charge in [0.05, 0.1) is 7.11 Å². The number of hydrogen-bond acceptors (Lipinski definition) is 3. The summed E-state index contributed by atoms with van der Waals surface area (Å²) in [5.74, 6) is -1.05. The highest BCUT2D eigenvalue weighted by molar-refractivity contribution is 5.30. The average Bonchev–Trinajstić information content (AvgIpc) is 2.30. The Morgan fingerprint density at radius 3 is 2.59 bits per heavy atom. The van der Waals surface area contributed by atoms with Crippen molar-refractivity contribution in [3.63, 3.8) is 0 Å². The van der Waals surface area contributed by atoms with Gasteiger partial charge in [0.1, 0.15) is 5.82 Å². The van der Waals surface area contributed by atoms with Crippen LogP contribution < -0.4 is 10.1 Å². The quantitative estimate of drug-likeness (QED) is 0.823. The average molecular weight is 244 g/mol. The third kappa shape index (κ3) is 3.94. The van der Waals surface area contributed by atoms with E-state index in [2.05, 4.69) is 5.32 Å². The molecule has 0 spiro atoms. The van der Waals surface area contributed by atoms with Gasteiger partial charge < -0.3 is 15.0 Å². The van der Waals surface area contributed by atoms with Crippen LogP contribution in [0.25, 0.3) is 0 Å². The van der Waals surface area contributed by atoms with Crippen molar-refractivity contribution in [1.29, 1.82) is 0 Å². The van der Waals surface area contributed by atoms with Crippen molar-refractivity contribution in [2.45, 2.75) is 6.54 Å². The zero-order valence-electron chi connectivity index (χ0n) is 10.4. The highest BCUT2D eigenvalue weighted by Crippen LogP contribution is 2.21. The minimum atomic E-state index is -0.536. The SMILES string of the molecule is CNCCN(C)Cc1cc(F)c(OC)cc1F. The summed E-state index contributed by atoms with van der Waals surface area (Å²) in [7, 11) is 5.02. The van der Waals surface area contributed by atoms with Crippen LogP contribution in [-0.2, 0) is 6.54 Å². The molecule has 0 saturated heterocycles. The first-order valence-corrected chi connectivity index (χ1v) is 5.43. The molecule has 17 heavy (non-hydrogen) atoms. The number of nitrogens with one attached hydrogen (secondary N) is 1. The van der Waals surface area contributed by atoms with Gasteiger partial charge in [0.2, 0.25) is 0 Å². The molecule has 0 atom stereocenters. The number of benzene rings is 1. The number of hydrogen-bond donors (Lipinski definition) is 1. The fourth-order valence-electron chi connectivity index (χ4n) is 1.52. The lowest BCUT2D eigenvalue weighted by molar-refractivity contribution is 0.320. The smallest absolute Gasteiger partial charge is 0.165 e. The Balaban J connectivity index is 2.74. The van der Waals surface area contributed by atoms with Crippen molar-refractivity contribution in [2.24, 2.45) is 0 Å². The summed E-state index contributed by atoms with van der Waals surface area (Å²) in [5.41, 5.74) is 0.335. The lowest BCUT2D eigenvalue weighted by Crippen LogP contribution is -2.27. The van der Waals surface area contributed by atoms with Crippen LogP contribution in [0.3, 0.4) is 0 Å². The molecule has 0 heterocycles. The van der Waals surface area contributed by atoms with Crippen LogP contribution in [0.2, 0.25) is 0 Å². The molecular formula is C12H18F2N2O. The third-order valence-electron chi connectivity index (χ3n) is 2.50. The topological polar surface area (TPSA) is 24.5 Å². The first kappa shape index (κ1) is 13.9. The molecule has 0 aromatic heterocycles. The Morgan fingerprint density at radius 1 is 1.29 bits per heavy atom. The minimum Gasteiger partial charge on any atom is -0.494 e. The molecule has 1 aromatic carbocycles. The Bertz CT molecular complexity index is 372. The molecule has 0 bridgehead atoms. The summed E-state index contributed by atoms with van der Waals surface area (Å²) >= 11 is 0. The summed E-state index contributed by atoms with van der Waals surface area (Å²) in [6, 6.07) is 2.26. The molecule has 0 aliphatic rings. The van der Waals surface area contributed by atoms with E-state index in [9.17, 15) is 8.78 Å². The summed E-state index contributed by atoms with van der Waals surface area (Å²) < 4.78 is 31.7. The summed E-state index contributed by atoms with van der Waals surface area (Å²) in [5, 5.41) is 3.00. The first-order chi connectivity index (χ1) is 8.08. The van der Waals surface area contributed by atoms with Gasteiger partial charge in [-0.05, 0) is 20.2 Å². The number of nitrogens with zero attached hydrogens (tertiary/aromatic N) is 1. The van der Waals surface area contributed by atoms with E-state index < -0.39 is 11.6 Å². The predicted octanol–water partition coefficient (Wildman–Crippen LogP) is 1.62. The fourth-order valence-corrected chi connectivity index (χ4v) is 1.52. The van der Waals surface area contributed by atoms with E-state index in [1.165, 1.54) is 13.2 Å². The maximum absolute atomic E-state index is 13.6. The fraction of sp³-hybridized carbons (Fsp3) is 0.500. The van der Waals surface area contributed by atoms with Gasteiger partial charge in [0, 0.05) is 31.3 Å². The van der Waals surface area contributed by atoms with Crippen molar-refractivity contribution in [3.8, 4) is 5.75 Å². The number of rotatable bonds is 6. The molecule has 0 amide bonds. The van der Waals surface area contributed by atoms with Crippen LogP contribution >= 0.6 is 0 Å². The molecule has 3 nitrogen and oxygen atoms in total. The third-order valence-corrected chi connectivity index (χ3v) is 2.50. The molecule has 0 unspecified atom stereocenters. The molecule has 1 N–H and O–H groups in total. The van der Waals surface area contributed by atoms with Crippen LogP contribution in [0.4, 0.5) is 8.78 Å². The van der Waals surface area contributed by atoms with Crippen LogP contribution in [0.15, 0.2) is 12.1 Å². The maximum atomic E-state index is 13.6. The van der Waals surface area contributed by atoms with Crippen LogP contribution in [0.5, 0.6) is 5.75 Å². The molecule has 96 valence electrons. The number of methoxy groups -OCH3 is 1. The van der Waals surface area contributed by atoms with E-state index in [4.69, 9.17) is 4.74 Å². The first-order valence-electron chi connectivity index (χ1n) is 5.43. The minimum absolute atomic E-state index is 0.0656. The second-order valence-electron chi connectivity index (χ2n) is 3.92. The van der Waals surface area contributed by atoms with Gasteiger partial charge >= 0.3 is 0 Å². The van der Waals surface area contributed by atoms with Crippen molar-refractivity contribution >= 4 is 0 Å². The van der Waals surface area contributed by atoms with Crippen LogP contribution in [0, 0.1) is 11.6 Å². The highest BCUT2D eigenvalue weighted by Gasteiger charge is 2.11. The van der Waals surface area contributed by atoms with E-state index in [-0.39, 0.29) is 5.75 Å². The zero-order chi connectivity index (χ0) is 12.8. The molecule has 1 rings (SSSR count). The van der Waals surface area contributed by atoms with Crippen LogP contribution in [-0.4, -0.2) is 39.2 Å². The summed E-state index contributed by atoms with van der Waals surface area (Å²) in [4.78, 5) is 1.92. The van der Waals surface area contributed by atoms with E-state index in [0.29, 0.717) is 12.1 Å². The van der Waals surface area contributed by atoms with Crippen molar-refractivity contribution in [1.82, 2.24) is 10.2 Å². The van der Waals surface area contributed by atoms with Gasteiger partial charge in [0.25, 0.3) is 0 Å². The Hall–Kier alpha value is -1.20. The van der Waals surface area contributed by atoms with Crippen molar-refractivity contribution < 1.29 is 13.5 Å². The standard InChI is InChI=1S/C12H18F2N2O/c1-15-4-5-16(2)8-9-6-11(14)12(17-3)7-10(9)13/h6-7,15H,4-5,8H2,1-3H3. The summed E-state index contributed by atoms with van der Waals surface area (Å²) in [6.45, 7) is 1.94. The van der Waals surface area contributed by atoms with Gasteiger partial charge in [0.15, 0.2) is 11.6 Å².